The van der Waals surface area contributed by atoms with Crippen LogP contribution < -0.4 is 5.56 Å². The largest absolute Gasteiger partial charge is 0.299 e. The molecule has 0 fully saturated rings. The summed E-state index contributed by atoms with van der Waals surface area (Å²) >= 11 is 0. The van der Waals surface area contributed by atoms with Crippen LogP contribution in [0.2, 0.25) is 0 Å². The number of aromatic nitrogens is 2. The van der Waals surface area contributed by atoms with E-state index in [-0.39, 0.29) is 16.4 Å². The first-order chi connectivity index (χ1) is 7.03. The Balaban J connectivity index is 3.53. The Morgan fingerprint density at radius 1 is 1.06 bits per heavy atom. The molecule has 0 aliphatic carbocycles. The third-order valence-electron chi connectivity index (χ3n) is 2.57. The minimum Gasteiger partial charge on any atom is -0.299 e. The van der Waals surface area contributed by atoms with Crippen molar-refractivity contribution >= 4 is 0 Å². The average molecular weight is 222 g/mol. The highest BCUT2D eigenvalue weighted by atomic mass is 16.1. The predicted octanol–water partition coefficient (Wildman–Crippen LogP) is 2.38. The molecule has 1 aromatic rings. The summed E-state index contributed by atoms with van der Waals surface area (Å²) in [5, 5.41) is 0. The fraction of sp³-hybridized carbons (Fsp3) is 0.692. The normalized spacial score (nSPS) is 12.9. The Bertz CT molecular complexity index is 444. The fourth-order valence-electron chi connectivity index (χ4n) is 1.59. The van der Waals surface area contributed by atoms with Crippen LogP contribution in [0.3, 0.4) is 0 Å². The van der Waals surface area contributed by atoms with E-state index < -0.39 is 0 Å². The molecular formula is C13H22N2O. The molecule has 0 aliphatic heterocycles. The van der Waals surface area contributed by atoms with Gasteiger partial charge in [-0.15, -0.1) is 0 Å². The monoisotopic (exact) mass is 222 g/mol. The molecular weight excluding hydrogens is 200 g/mol. The first-order valence-electron chi connectivity index (χ1n) is 5.62. The first-order valence-corrected chi connectivity index (χ1v) is 5.62. The van der Waals surface area contributed by atoms with Gasteiger partial charge in [-0.05, 0) is 0 Å². The van der Waals surface area contributed by atoms with Gasteiger partial charge in [-0.2, -0.15) is 0 Å². The van der Waals surface area contributed by atoms with Gasteiger partial charge >= 0.3 is 0 Å². The maximum absolute atomic E-state index is 11.9. The minimum absolute atomic E-state index is 0.0184. The standard InChI is InChI=1S/C13H22N2O/c1-12(2,3)9-8-10(16)15(7)11(14-9)13(4,5)6/h8H,1-7H3. The van der Waals surface area contributed by atoms with Crippen LogP contribution in [0, 0.1) is 0 Å². The second kappa shape index (κ2) is 3.72. The topological polar surface area (TPSA) is 34.9 Å². The Hall–Kier alpha value is -1.12. The van der Waals surface area contributed by atoms with Crippen LogP contribution in [0.4, 0.5) is 0 Å². The average Bonchev–Trinajstić information content (AvgIpc) is 2.05. The smallest absolute Gasteiger partial charge is 0.253 e. The summed E-state index contributed by atoms with van der Waals surface area (Å²) in [7, 11) is 1.78. The molecule has 16 heavy (non-hydrogen) atoms. The number of rotatable bonds is 0. The van der Waals surface area contributed by atoms with Crippen LogP contribution in [0.15, 0.2) is 10.9 Å². The van der Waals surface area contributed by atoms with E-state index in [9.17, 15) is 4.79 Å². The van der Waals surface area contributed by atoms with E-state index in [1.54, 1.807) is 17.7 Å². The summed E-state index contributed by atoms with van der Waals surface area (Å²) in [6.07, 6.45) is 0. The van der Waals surface area contributed by atoms with Crippen molar-refractivity contribution in [3.8, 4) is 0 Å². The van der Waals surface area contributed by atoms with E-state index in [1.165, 1.54) is 0 Å². The zero-order chi connectivity index (χ0) is 12.7. The van der Waals surface area contributed by atoms with Crippen molar-refractivity contribution in [2.24, 2.45) is 7.05 Å². The molecule has 0 aromatic carbocycles. The maximum Gasteiger partial charge on any atom is 0.253 e. The molecule has 0 spiro atoms. The third kappa shape index (κ3) is 2.52. The lowest BCUT2D eigenvalue weighted by molar-refractivity contribution is 0.480. The van der Waals surface area contributed by atoms with Crippen molar-refractivity contribution < 1.29 is 0 Å². The van der Waals surface area contributed by atoms with Gasteiger partial charge < -0.3 is 0 Å². The highest BCUT2D eigenvalue weighted by Gasteiger charge is 2.24. The predicted molar refractivity (Wildman–Crippen MR) is 66.9 cm³/mol. The Morgan fingerprint density at radius 2 is 1.56 bits per heavy atom. The van der Waals surface area contributed by atoms with Gasteiger partial charge in [0, 0.05) is 23.9 Å². The van der Waals surface area contributed by atoms with Gasteiger partial charge in [0.15, 0.2) is 0 Å². The van der Waals surface area contributed by atoms with Crippen LogP contribution in [0.25, 0.3) is 0 Å². The summed E-state index contributed by atoms with van der Waals surface area (Å²) in [6.45, 7) is 12.4. The second-order valence-corrected chi connectivity index (χ2v) is 6.36. The van der Waals surface area contributed by atoms with Crippen LogP contribution in [0.1, 0.15) is 53.1 Å². The van der Waals surface area contributed by atoms with Crippen LogP contribution >= 0.6 is 0 Å². The number of hydrogen-bond acceptors (Lipinski definition) is 2. The summed E-state index contributed by atoms with van der Waals surface area (Å²) in [5.41, 5.74) is 0.674. The molecule has 90 valence electrons. The summed E-state index contributed by atoms with van der Waals surface area (Å²) in [4.78, 5) is 16.5. The van der Waals surface area contributed by atoms with Gasteiger partial charge in [0.05, 0.1) is 5.69 Å². The van der Waals surface area contributed by atoms with Crippen molar-refractivity contribution in [3.05, 3.63) is 27.9 Å². The molecule has 0 radical (unpaired) electrons. The molecule has 0 aliphatic rings. The minimum atomic E-state index is -0.116. The van der Waals surface area contributed by atoms with E-state index >= 15 is 0 Å². The van der Waals surface area contributed by atoms with Crippen LogP contribution in [-0.4, -0.2) is 9.55 Å². The van der Waals surface area contributed by atoms with Crippen LogP contribution in [-0.2, 0) is 17.9 Å². The van der Waals surface area contributed by atoms with E-state index in [1.807, 2.05) is 0 Å². The van der Waals surface area contributed by atoms with E-state index in [4.69, 9.17) is 0 Å². The molecule has 0 bridgehead atoms. The Morgan fingerprint density at radius 3 is 1.94 bits per heavy atom. The zero-order valence-electron chi connectivity index (χ0n) is 11.4. The molecule has 0 amide bonds. The highest BCUT2D eigenvalue weighted by Crippen LogP contribution is 2.23. The molecule has 0 atom stereocenters. The highest BCUT2D eigenvalue weighted by molar-refractivity contribution is 5.16. The SMILES string of the molecule is Cn1c(C(C)(C)C)nc(C(C)(C)C)cc1=O. The number of hydrogen-bond donors (Lipinski definition) is 0. The summed E-state index contributed by atoms with van der Waals surface area (Å²) in [5.74, 6) is 0.838. The fourth-order valence-corrected chi connectivity index (χ4v) is 1.59. The van der Waals surface area contributed by atoms with Gasteiger partial charge in [0.2, 0.25) is 0 Å². The quantitative estimate of drug-likeness (QED) is 0.675. The Kier molecular flexibility index (Phi) is 3.01. The van der Waals surface area contributed by atoms with Gasteiger partial charge in [0.25, 0.3) is 5.56 Å². The van der Waals surface area contributed by atoms with Crippen molar-refractivity contribution in [2.45, 2.75) is 52.4 Å². The molecule has 1 aromatic heterocycles. The van der Waals surface area contributed by atoms with E-state index in [0.717, 1.165) is 11.5 Å². The molecule has 3 nitrogen and oxygen atoms in total. The van der Waals surface area contributed by atoms with Crippen molar-refractivity contribution in [3.63, 3.8) is 0 Å². The lowest BCUT2D eigenvalue weighted by atomic mass is 9.90. The van der Waals surface area contributed by atoms with Crippen molar-refractivity contribution in [1.82, 2.24) is 9.55 Å². The molecule has 0 saturated carbocycles. The third-order valence-corrected chi connectivity index (χ3v) is 2.57. The van der Waals surface area contributed by atoms with Gasteiger partial charge in [-0.1, -0.05) is 41.5 Å². The van der Waals surface area contributed by atoms with Gasteiger partial charge in [0.1, 0.15) is 5.82 Å². The van der Waals surface area contributed by atoms with Crippen molar-refractivity contribution in [1.29, 1.82) is 0 Å². The zero-order valence-corrected chi connectivity index (χ0v) is 11.4. The molecule has 0 saturated heterocycles. The van der Waals surface area contributed by atoms with E-state index in [2.05, 4.69) is 46.5 Å². The summed E-state index contributed by atoms with van der Waals surface area (Å²) < 4.78 is 1.63. The molecule has 0 unspecified atom stereocenters. The second-order valence-electron chi connectivity index (χ2n) is 6.36. The van der Waals surface area contributed by atoms with Crippen LogP contribution in [0.5, 0.6) is 0 Å². The molecule has 1 rings (SSSR count). The maximum atomic E-state index is 11.9. The lowest BCUT2D eigenvalue weighted by Gasteiger charge is -2.25. The number of nitrogens with zero attached hydrogens (tertiary/aromatic N) is 2. The van der Waals surface area contributed by atoms with Gasteiger partial charge in [-0.3, -0.25) is 9.36 Å². The summed E-state index contributed by atoms with van der Waals surface area (Å²) in [6, 6.07) is 1.63. The van der Waals surface area contributed by atoms with E-state index in [0.29, 0.717) is 0 Å². The van der Waals surface area contributed by atoms with Gasteiger partial charge in [-0.25, -0.2) is 4.98 Å². The molecule has 1 heterocycles. The first kappa shape index (κ1) is 12.9. The lowest BCUT2D eigenvalue weighted by Crippen LogP contribution is -2.32. The van der Waals surface area contributed by atoms with Crippen molar-refractivity contribution in [2.75, 3.05) is 0 Å². The molecule has 3 heteroatoms. The Labute approximate surface area is 97.5 Å². The molecule has 0 N–H and O–H groups in total.